The minimum atomic E-state index is -0.331. The van der Waals surface area contributed by atoms with E-state index in [0.29, 0.717) is 5.56 Å². The van der Waals surface area contributed by atoms with Gasteiger partial charge in [-0.1, -0.05) is 0 Å². The van der Waals surface area contributed by atoms with Crippen molar-refractivity contribution < 1.29 is 19.8 Å². The van der Waals surface area contributed by atoms with E-state index in [0.717, 1.165) is 30.2 Å². The number of phenolic OH excluding ortho intramolecular Hbond substituents is 2. The Morgan fingerprint density at radius 1 is 1.12 bits per heavy atom. The fourth-order valence-corrected chi connectivity index (χ4v) is 3.28. The van der Waals surface area contributed by atoms with E-state index in [9.17, 15) is 19.8 Å². The number of fused-ring (bicyclic) bond motifs is 1. The van der Waals surface area contributed by atoms with Gasteiger partial charge in [-0.3, -0.25) is 9.59 Å². The van der Waals surface area contributed by atoms with Gasteiger partial charge in [-0.05, 0) is 55.7 Å². The molecule has 0 bridgehead atoms. The summed E-state index contributed by atoms with van der Waals surface area (Å²) in [5.41, 5.74) is 2.40. The third-order valence-electron chi connectivity index (χ3n) is 4.69. The van der Waals surface area contributed by atoms with Crippen molar-refractivity contribution in [1.29, 1.82) is 0 Å². The Morgan fingerprint density at radius 2 is 1.85 bits per heavy atom. The van der Waals surface area contributed by atoms with E-state index < -0.39 is 0 Å². The fraction of sp³-hybridized carbons (Fsp3) is 0.300. The highest BCUT2D eigenvalue weighted by atomic mass is 16.3. The first-order valence-corrected chi connectivity index (χ1v) is 8.49. The molecule has 0 aromatic heterocycles. The lowest BCUT2D eigenvalue weighted by molar-refractivity contribution is 0.0827. The summed E-state index contributed by atoms with van der Waals surface area (Å²) in [4.78, 5) is 28.4. The number of hydrogen-bond acceptors (Lipinski definition) is 4. The van der Waals surface area contributed by atoms with E-state index in [1.807, 2.05) is 13.0 Å². The van der Waals surface area contributed by atoms with Gasteiger partial charge >= 0.3 is 0 Å². The van der Waals surface area contributed by atoms with Crippen molar-refractivity contribution in [2.45, 2.75) is 25.8 Å². The van der Waals surface area contributed by atoms with Crippen LogP contribution in [0.1, 0.15) is 39.6 Å². The Morgan fingerprint density at radius 3 is 2.50 bits per heavy atom. The highest BCUT2D eigenvalue weighted by Crippen LogP contribution is 2.34. The Kier molecular flexibility index (Phi) is 4.59. The quantitative estimate of drug-likeness (QED) is 0.869. The average Bonchev–Trinajstić information content (AvgIpc) is 2.60. The van der Waals surface area contributed by atoms with Crippen LogP contribution in [0.4, 0.5) is 5.69 Å². The zero-order valence-electron chi connectivity index (χ0n) is 15.1. The molecule has 0 radical (unpaired) electrons. The van der Waals surface area contributed by atoms with E-state index in [2.05, 4.69) is 0 Å². The highest BCUT2D eigenvalue weighted by Gasteiger charge is 2.31. The van der Waals surface area contributed by atoms with Crippen LogP contribution in [0.15, 0.2) is 36.4 Å². The van der Waals surface area contributed by atoms with Crippen molar-refractivity contribution in [3.8, 4) is 11.5 Å². The van der Waals surface area contributed by atoms with E-state index >= 15 is 0 Å². The lowest BCUT2D eigenvalue weighted by Crippen LogP contribution is -2.42. The molecule has 1 heterocycles. The van der Waals surface area contributed by atoms with Crippen molar-refractivity contribution >= 4 is 17.5 Å². The molecule has 0 aliphatic carbocycles. The molecular formula is C20H22N2O4. The monoisotopic (exact) mass is 354 g/mol. The second-order valence-electron chi connectivity index (χ2n) is 6.81. The number of benzene rings is 2. The molecule has 2 N–H and O–H groups in total. The Labute approximate surface area is 152 Å². The SMILES string of the molecule is C[C@@H]1CCc2cc(C(=O)N(C)C)ccc2N1C(=O)c1ccc(O)cc1O. The van der Waals surface area contributed by atoms with Crippen LogP contribution in [-0.4, -0.2) is 47.1 Å². The number of carbonyl (C=O) groups excluding carboxylic acids is 2. The molecule has 6 nitrogen and oxygen atoms in total. The molecule has 2 aromatic rings. The Hall–Kier alpha value is -3.02. The molecule has 1 atom stereocenters. The number of aromatic hydroxyl groups is 2. The van der Waals surface area contributed by atoms with Crippen molar-refractivity contribution in [2.24, 2.45) is 0 Å². The lowest BCUT2D eigenvalue weighted by Gasteiger charge is -2.35. The van der Waals surface area contributed by atoms with Crippen LogP contribution in [0.5, 0.6) is 11.5 Å². The van der Waals surface area contributed by atoms with Crippen LogP contribution in [0.2, 0.25) is 0 Å². The van der Waals surface area contributed by atoms with Crippen LogP contribution in [0.3, 0.4) is 0 Å². The predicted octanol–water partition coefficient (Wildman–Crippen LogP) is 2.78. The molecule has 0 fully saturated rings. The zero-order chi connectivity index (χ0) is 19.0. The first-order valence-electron chi connectivity index (χ1n) is 8.49. The molecular weight excluding hydrogens is 332 g/mol. The van der Waals surface area contributed by atoms with Crippen molar-refractivity contribution in [2.75, 3.05) is 19.0 Å². The number of phenols is 2. The number of nitrogens with zero attached hydrogens (tertiary/aromatic N) is 2. The molecule has 1 aliphatic heterocycles. The van der Waals surface area contributed by atoms with Crippen LogP contribution < -0.4 is 4.90 Å². The van der Waals surface area contributed by atoms with Gasteiger partial charge in [-0.2, -0.15) is 0 Å². The fourth-order valence-electron chi connectivity index (χ4n) is 3.28. The maximum absolute atomic E-state index is 13.0. The Bertz CT molecular complexity index is 876. The van der Waals surface area contributed by atoms with Gasteiger partial charge in [0.15, 0.2) is 0 Å². The summed E-state index contributed by atoms with van der Waals surface area (Å²) in [6.07, 6.45) is 1.54. The van der Waals surface area contributed by atoms with Crippen LogP contribution in [0, 0.1) is 0 Å². The third kappa shape index (κ3) is 3.10. The number of carbonyl (C=O) groups is 2. The van der Waals surface area contributed by atoms with Crippen LogP contribution >= 0.6 is 0 Å². The van der Waals surface area contributed by atoms with Gasteiger partial charge in [-0.15, -0.1) is 0 Å². The number of rotatable bonds is 2. The average molecular weight is 354 g/mol. The van der Waals surface area contributed by atoms with Gasteiger partial charge in [0, 0.05) is 37.5 Å². The molecule has 136 valence electrons. The summed E-state index contributed by atoms with van der Waals surface area (Å²) < 4.78 is 0. The zero-order valence-corrected chi connectivity index (χ0v) is 15.1. The van der Waals surface area contributed by atoms with Crippen LogP contribution in [0.25, 0.3) is 0 Å². The minimum Gasteiger partial charge on any atom is -0.508 e. The topological polar surface area (TPSA) is 81.1 Å². The number of aryl methyl sites for hydroxylation is 1. The van der Waals surface area contributed by atoms with Crippen molar-refractivity contribution in [1.82, 2.24) is 4.90 Å². The summed E-state index contributed by atoms with van der Waals surface area (Å²) in [5, 5.41) is 19.5. The maximum atomic E-state index is 13.0. The smallest absolute Gasteiger partial charge is 0.262 e. The van der Waals surface area contributed by atoms with E-state index in [4.69, 9.17) is 0 Å². The minimum absolute atomic E-state index is 0.0430. The molecule has 1 aliphatic rings. The molecule has 0 saturated heterocycles. The second kappa shape index (κ2) is 6.71. The highest BCUT2D eigenvalue weighted by molar-refractivity contribution is 6.09. The number of hydrogen-bond donors (Lipinski definition) is 2. The normalized spacial score (nSPS) is 16.1. The van der Waals surface area contributed by atoms with Gasteiger partial charge in [0.1, 0.15) is 11.5 Å². The summed E-state index contributed by atoms with van der Waals surface area (Å²) >= 11 is 0. The largest absolute Gasteiger partial charge is 0.508 e. The number of anilines is 1. The third-order valence-corrected chi connectivity index (χ3v) is 4.69. The van der Waals surface area contributed by atoms with Crippen molar-refractivity contribution in [3.05, 3.63) is 53.1 Å². The summed E-state index contributed by atoms with van der Waals surface area (Å²) in [6, 6.07) is 9.24. The van der Waals surface area contributed by atoms with Crippen molar-refractivity contribution in [3.63, 3.8) is 0 Å². The van der Waals surface area contributed by atoms with Gasteiger partial charge in [0.05, 0.1) is 5.56 Å². The van der Waals surface area contributed by atoms with E-state index in [1.54, 1.807) is 31.1 Å². The van der Waals surface area contributed by atoms with Crippen LogP contribution in [-0.2, 0) is 6.42 Å². The number of amides is 2. The molecule has 2 aromatic carbocycles. The first-order chi connectivity index (χ1) is 12.3. The molecule has 0 saturated carbocycles. The molecule has 6 heteroatoms. The standard InChI is InChI=1S/C20H22N2O4/c1-12-4-5-13-10-14(19(25)21(2)3)6-9-17(13)22(12)20(26)16-8-7-15(23)11-18(16)24/h6-12,23-24H,4-5H2,1-3H3/t12-/m1/s1. The lowest BCUT2D eigenvalue weighted by atomic mass is 9.93. The predicted molar refractivity (Wildman–Crippen MR) is 98.8 cm³/mol. The van der Waals surface area contributed by atoms with Gasteiger partial charge < -0.3 is 20.0 Å². The molecule has 0 spiro atoms. The van der Waals surface area contributed by atoms with Gasteiger partial charge in [-0.25, -0.2) is 0 Å². The molecule has 0 unspecified atom stereocenters. The van der Waals surface area contributed by atoms with Gasteiger partial charge in [0.2, 0.25) is 0 Å². The molecule has 3 rings (SSSR count). The summed E-state index contributed by atoms with van der Waals surface area (Å²) in [6.45, 7) is 1.96. The van der Waals surface area contributed by atoms with Gasteiger partial charge in [0.25, 0.3) is 11.8 Å². The molecule has 26 heavy (non-hydrogen) atoms. The summed E-state index contributed by atoms with van der Waals surface area (Å²) in [5.74, 6) is -0.769. The van der Waals surface area contributed by atoms with E-state index in [1.165, 1.54) is 17.0 Å². The molecule has 2 amide bonds. The van der Waals surface area contributed by atoms with E-state index in [-0.39, 0.29) is 34.9 Å². The Balaban J connectivity index is 2.01. The second-order valence-corrected chi connectivity index (χ2v) is 6.81. The first kappa shape index (κ1) is 17.8. The summed E-state index contributed by atoms with van der Waals surface area (Å²) in [7, 11) is 3.40. The maximum Gasteiger partial charge on any atom is 0.262 e.